The highest BCUT2D eigenvalue weighted by Crippen LogP contribution is 2.29. The van der Waals surface area contributed by atoms with E-state index in [1.54, 1.807) is 19.1 Å². The molecule has 7 nitrogen and oxygen atoms in total. The molecule has 0 aliphatic carbocycles. The van der Waals surface area contributed by atoms with Gasteiger partial charge in [0.05, 0.1) is 12.2 Å². The lowest BCUT2D eigenvalue weighted by Crippen LogP contribution is -2.44. The number of carbonyl (C=O) groups excluding carboxylic acids is 2. The summed E-state index contributed by atoms with van der Waals surface area (Å²) in [6, 6.07) is 6.52. The first-order valence-electron chi connectivity index (χ1n) is 7.91. The molecule has 2 amide bonds. The molecule has 0 saturated heterocycles. The average molecular weight is 418 g/mol. The first kappa shape index (κ1) is 21.3. The monoisotopic (exact) mass is 417 g/mol. The SMILES string of the molecule is CCOc1ccc(C(=O)NNC(=O)Cn2cc(C(F)(F)F)cc(Cl)c2=O)cc1. The zero-order valence-electron chi connectivity index (χ0n) is 14.5. The number of nitrogens with zero attached hydrogens (tertiary/aromatic N) is 1. The van der Waals surface area contributed by atoms with Crippen molar-refractivity contribution in [2.45, 2.75) is 19.6 Å². The van der Waals surface area contributed by atoms with Crippen LogP contribution in [-0.2, 0) is 17.5 Å². The molecule has 0 bridgehead atoms. The minimum absolute atomic E-state index is 0.211. The number of ether oxygens (including phenoxy) is 1. The standard InChI is InChI=1S/C17H15ClF3N3O4/c1-2-28-12-5-3-10(4-6-12)15(26)23-22-14(25)9-24-8-11(17(19,20)21)7-13(18)16(24)27/h3-8H,2,9H2,1H3,(H,22,25)(H,23,26). The van der Waals surface area contributed by atoms with Crippen LogP contribution in [0.1, 0.15) is 22.8 Å². The van der Waals surface area contributed by atoms with Gasteiger partial charge in [0.2, 0.25) is 0 Å². The molecule has 150 valence electrons. The fourth-order valence-corrected chi connectivity index (χ4v) is 2.36. The molecule has 1 aromatic heterocycles. The second-order valence-electron chi connectivity index (χ2n) is 5.47. The molecule has 0 unspecified atom stereocenters. The van der Waals surface area contributed by atoms with Gasteiger partial charge in [0.15, 0.2) is 0 Å². The number of hydrazine groups is 1. The third kappa shape index (κ3) is 5.49. The highest BCUT2D eigenvalue weighted by Gasteiger charge is 2.32. The third-order valence-electron chi connectivity index (χ3n) is 3.43. The van der Waals surface area contributed by atoms with Crippen molar-refractivity contribution in [3.8, 4) is 5.75 Å². The van der Waals surface area contributed by atoms with E-state index in [9.17, 15) is 27.6 Å². The van der Waals surface area contributed by atoms with Crippen LogP contribution in [0.4, 0.5) is 13.2 Å². The van der Waals surface area contributed by atoms with Gasteiger partial charge in [0.1, 0.15) is 17.3 Å². The molecule has 0 radical (unpaired) electrons. The number of alkyl halides is 3. The van der Waals surface area contributed by atoms with E-state index in [1.807, 2.05) is 5.43 Å². The largest absolute Gasteiger partial charge is 0.494 e. The predicted octanol–water partition coefficient (Wildman–Crippen LogP) is 2.38. The van der Waals surface area contributed by atoms with Gasteiger partial charge in [-0.25, -0.2) is 0 Å². The summed E-state index contributed by atoms with van der Waals surface area (Å²) in [5, 5.41) is -0.680. The highest BCUT2D eigenvalue weighted by molar-refractivity contribution is 6.30. The lowest BCUT2D eigenvalue weighted by atomic mass is 10.2. The normalized spacial score (nSPS) is 11.0. The van der Waals surface area contributed by atoms with Crippen molar-refractivity contribution in [3.63, 3.8) is 0 Å². The van der Waals surface area contributed by atoms with Crippen molar-refractivity contribution in [2.24, 2.45) is 0 Å². The Labute approximate surface area is 162 Å². The van der Waals surface area contributed by atoms with E-state index in [1.165, 1.54) is 12.1 Å². The zero-order chi connectivity index (χ0) is 20.9. The minimum Gasteiger partial charge on any atom is -0.494 e. The molecule has 2 aromatic rings. The maximum absolute atomic E-state index is 12.8. The summed E-state index contributed by atoms with van der Waals surface area (Å²) in [5.41, 5.74) is 2.18. The van der Waals surface area contributed by atoms with Crippen LogP contribution in [0.15, 0.2) is 41.3 Å². The molecule has 28 heavy (non-hydrogen) atoms. The number of nitrogens with one attached hydrogen (secondary N) is 2. The molecule has 11 heteroatoms. The number of halogens is 4. The Morgan fingerprint density at radius 1 is 1.18 bits per heavy atom. The molecule has 0 aliphatic rings. The lowest BCUT2D eigenvalue weighted by molar-refractivity contribution is -0.138. The van der Waals surface area contributed by atoms with E-state index in [4.69, 9.17) is 16.3 Å². The number of hydrogen-bond acceptors (Lipinski definition) is 4. The van der Waals surface area contributed by atoms with Gasteiger partial charge in [-0.3, -0.25) is 25.2 Å². The second kappa shape index (κ2) is 8.79. The van der Waals surface area contributed by atoms with Crippen LogP contribution in [0.2, 0.25) is 5.02 Å². The van der Waals surface area contributed by atoms with Crippen molar-refractivity contribution in [3.05, 3.63) is 63.0 Å². The predicted molar refractivity (Wildman–Crippen MR) is 93.9 cm³/mol. The molecule has 1 heterocycles. The van der Waals surface area contributed by atoms with Crippen molar-refractivity contribution in [1.82, 2.24) is 15.4 Å². The molecule has 0 fully saturated rings. The van der Waals surface area contributed by atoms with E-state index in [-0.39, 0.29) is 5.56 Å². The summed E-state index contributed by atoms with van der Waals surface area (Å²) in [5.74, 6) is -1.02. The molecule has 0 aliphatic heterocycles. The molecule has 0 atom stereocenters. The van der Waals surface area contributed by atoms with Gasteiger partial charge in [-0.1, -0.05) is 11.6 Å². The fraction of sp³-hybridized carbons (Fsp3) is 0.235. The van der Waals surface area contributed by atoms with E-state index >= 15 is 0 Å². The van der Waals surface area contributed by atoms with Gasteiger partial charge in [-0.05, 0) is 37.3 Å². The first-order chi connectivity index (χ1) is 13.1. The number of hydrogen-bond donors (Lipinski definition) is 2. The van der Waals surface area contributed by atoms with Crippen LogP contribution in [0.25, 0.3) is 0 Å². The maximum atomic E-state index is 12.8. The number of amides is 2. The zero-order valence-corrected chi connectivity index (χ0v) is 15.2. The maximum Gasteiger partial charge on any atom is 0.417 e. The Balaban J connectivity index is 2.01. The molecule has 0 spiro atoms. The van der Waals surface area contributed by atoms with Crippen molar-refractivity contribution < 1.29 is 27.5 Å². The average Bonchev–Trinajstić information content (AvgIpc) is 2.63. The van der Waals surface area contributed by atoms with E-state index in [0.29, 0.717) is 29.2 Å². The molecule has 2 rings (SSSR count). The summed E-state index contributed by atoms with van der Waals surface area (Å²) in [7, 11) is 0. The fourth-order valence-electron chi connectivity index (χ4n) is 2.13. The minimum atomic E-state index is -4.74. The van der Waals surface area contributed by atoms with Crippen molar-refractivity contribution >= 4 is 23.4 Å². The highest BCUT2D eigenvalue weighted by atomic mass is 35.5. The lowest BCUT2D eigenvalue weighted by Gasteiger charge is -2.12. The quantitative estimate of drug-likeness (QED) is 0.731. The Kier molecular flexibility index (Phi) is 6.68. The summed E-state index contributed by atoms with van der Waals surface area (Å²) >= 11 is 5.51. The van der Waals surface area contributed by atoms with E-state index < -0.39 is 40.7 Å². The van der Waals surface area contributed by atoms with Gasteiger partial charge in [-0.2, -0.15) is 13.2 Å². The number of rotatable bonds is 5. The van der Waals surface area contributed by atoms with Crippen molar-refractivity contribution in [2.75, 3.05) is 6.61 Å². The Morgan fingerprint density at radius 2 is 1.82 bits per heavy atom. The van der Waals surface area contributed by atoms with Crippen LogP contribution in [0, 0.1) is 0 Å². The summed E-state index contributed by atoms with van der Waals surface area (Å²) in [6.45, 7) is 1.49. The molecular weight excluding hydrogens is 403 g/mol. The van der Waals surface area contributed by atoms with Crippen LogP contribution in [-0.4, -0.2) is 23.0 Å². The van der Waals surface area contributed by atoms with Crippen LogP contribution >= 0.6 is 11.6 Å². The number of carbonyl (C=O) groups is 2. The molecule has 1 aromatic carbocycles. The van der Waals surface area contributed by atoms with Crippen LogP contribution in [0.5, 0.6) is 5.75 Å². The topological polar surface area (TPSA) is 89.4 Å². The van der Waals surface area contributed by atoms with E-state index in [0.717, 1.165) is 0 Å². The third-order valence-corrected chi connectivity index (χ3v) is 3.70. The number of aromatic nitrogens is 1. The van der Waals surface area contributed by atoms with Gasteiger partial charge >= 0.3 is 6.18 Å². The second-order valence-corrected chi connectivity index (χ2v) is 5.87. The molecule has 2 N–H and O–H groups in total. The van der Waals surface area contributed by atoms with E-state index in [2.05, 4.69) is 5.43 Å². The molecule has 0 saturated carbocycles. The number of benzene rings is 1. The van der Waals surface area contributed by atoms with Gasteiger partial charge < -0.3 is 9.30 Å². The summed E-state index contributed by atoms with van der Waals surface area (Å²) in [6.07, 6.45) is -4.26. The van der Waals surface area contributed by atoms with Gasteiger partial charge in [0, 0.05) is 11.8 Å². The van der Waals surface area contributed by atoms with Gasteiger partial charge in [-0.15, -0.1) is 0 Å². The molecular formula is C17H15ClF3N3O4. The number of pyridine rings is 1. The Bertz CT molecular complexity index is 927. The van der Waals surface area contributed by atoms with Crippen LogP contribution < -0.4 is 21.1 Å². The van der Waals surface area contributed by atoms with Crippen LogP contribution in [0.3, 0.4) is 0 Å². The van der Waals surface area contributed by atoms with Gasteiger partial charge in [0.25, 0.3) is 17.4 Å². The Hall–Kier alpha value is -3.01. The summed E-state index contributed by atoms with van der Waals surface area (Å²) < 4.78 is 44.1. The Morgan fingerprint density at radius 3 is 2.39 bits per heavy atom. The first-order valence-corrected chi connectivity index (χ1v) is 8.29. The van der Waals surface area contributed by atoms with Crippen molar-refractivity contribution in [1.29, 1.82) is 0 Å². The summed E-state index contributed by atoms with van der Waals surface area (Å²) in [4.78, 5) is 35.7. The smallest absolute Gasteiger partial charge is 0.417 e.